The molecule has 0 radical (unpaired) electrons. The van der Waals surface area contributed by atoms with Crippen LogP contribution in [0.15, 0.2) is 17.0 Å². The zero-order valence-electron chi connectivity index (χ0n) is 9.48. The molecule has 5 nitrogen and oxygen atoms in total. The van der Waals surface area contributed by atoms with Gasteiger partial charge >= 0.3 is 5.97 Å². The Balaban J connectivity index is 2.69. The number of carbonyl (C=O) groups is 1. The number of aromatic nitrogens is 2. The van der Waals surface area contributed by atoms with Gasteiger partial charge in [0.1, 0.15) is 12.1 Å². The van der Waals surface area contributed by atoms with E-state index in [9.17, 15) is 4.79 Å². The maximum absolute atomic E-state index is 11.3. The number of halogens is 1. The monoisotopic (exact) mass is 287 g/mol. The molecule has 1 aromatic rings. The summed E-state index contributed by atoms with van der Waals surface area (Å²) in [4.78, 5) is 21.2. The van der Waals surface area contributed by atoms with Gasteiger partial charge in [0.25, 0.3) is 0 Å². The minimum Gasteiger partial charge on any atom is -0.469 e. The Morgan fingerprint density at radius 2 is 2.38 bits per heavy atom. The van der Waals surface area contributed by atoms with Gasteiger partial charge in [0.05, 0.1) is 17.5 Å². The number of esters is 1. The van der Waals surface area contributed by atoms with Gasteiger partial charge in [-0.2, -0.15) is 0 Å². The molecular formula is C10H14BrN3O2. The molecule has 0 aromatic carbocycles. The third kappa shape index (κ3) is 3.16. The molecule has 0 aliphatic carbocycles. The molecule has 0 saturated carbocycles. The third-order valence-electron chi connectivity index (χ3n) is 2.16. The lowest BCUT2D eigenvalue weighted by Crippen LogP contribution is -2.30. The summed E-state index contributed by atoms with van der Waals surface area (Å²) in [5.74, 6) is 0.333. The second-order valence-corrected chi connectivity index (χ2v) is 4.35. The van der Waals surface area contributed by atoms with Crippen molar-refractivity contribution in [2.75, 3.05) is 25.6 Å². The number of methoxy groups -OCH3 is 1. The number of carbonyl (C=O) groups excluding carboxylic acids is 1. The van der Waals surface area contributed by atoms with E-state index < -0.39 is 0 Å². The van der Waals surface area contributed by atoms with Crippen molar-refractivity contribution in [2.45, 2.75) is 6.92 Å². The molecule has 0 aliphatic heterocycles. The first kappa shape index (κ1) is 12.9. The molecule has 6 heteroatoms. The highest BCUT2D eigenvalue weighted by molar-refractivity contribution is 9.10. The zero-order valence-corrected chi connectivity index (χ0v) is 11.1. The highest BCUT2D eigenvalue weighted by atomic mass is 79.9. The molecule has 16 heavy (non-hydrogen) atoms. The molecular weight excluding hydrogens is 274 g/mol. The van der Waals surface area contributed by atoms with Crippen LogP contribution in [0.1, 0.15) is 6.92 Å². The molecule has 0 N–H and O–H groups in total. The highest BCUT2D eigenvalue weighted by Gasteiger charge is 2.17. The van der Waals surface area contributed by atoms with E-state index in [-0.39, 0.29) is 11.9 Å². The summed E-state index contributed by atoms with van der Waals surface area (Å²) in [5.41, 5.74) is 0. The maximum Gasteiger partial charge on any atom is 0.310 e. The summed E-state index contributed by atoms with van der Waals surface area (Å²) in [5, 5.41) is 0. The number of hydrogen-bond acceptors (Lipinski definition) is 5. The van der Waals surface area contributed by atoms with Crippen molar-refractivity contribution in [3.63, 3.8) is 0 Å². The van der Waals surface area contributed by atoms with Crippen LogP contribution in [0, 0.1) is 5.92 Å². The smallest absolute Gasteiger partial charge is 0.310 e. The van der Waals surface area contributed by atoms with Gasteiger partial charge in [-0.1, -0.05) is 6.92 Å². The van der Waals surface area contributed by atoms with Crippen LogP contribution < -0.4 is 4.90 Å². The lowest BCUT2D eigenvalue weighted by atomic mass is 10.2. The van der Waals surface area contributed by atoms with Crippen molar-refractivity contribution >= 4 is 27.7 Å². The van der Waals surface area contributed by atoms with E-state index in [0.29, 0.717) is 6.54 Å². The Morgan fingerprint density at radius 1 is 1.69 bits per heavy atom. The van der Waals surface area contributed by atoms with Gasteiger partial charge in [0, 0.05) is 19.8 Å². The molecule has 88 valence electrons. The first-order valence-corrected chi connectivity index (χ1v) is 5.60. The number of rotatable bonds is 4. The second kappa shape index (κ2) is 5.79. The van der Waals surface area contributed by atoms with Gasteiger partial charge in [-0.3, -0.25) is 4.79 Å². The Hall–Kier alpha value is -1.17. The van der Waals surface area contributed by atoms with E-state index in [1.165, 1.54) is 13.4 Å². The number of hydrogen-bond donors (Lipinski definition) is 0. The first-order chi connectivity index (χ1) is 7.56. The van der Waals surface area contributed by atoms with Gasteiger partial charge in [-0.25, -0.2) is 9.97 Å². The Morgan fingerprint density at radius 3 is 2.94 bits per heavy atom. The number of ether oxygens (including phenoxy) is 1. The molecule has 0 bridgehead atoms. The fourth-order valence-electron chi connectivity index (χ4n) is 1.36. The average Bonchev–Trinajstić information content (AvgIpc) is 2.28. The lowest BCUT2D eigenvalue weighted by Gasteiger charge is -2.21. The number of anilines is 1. The summed E-state index contributed by atoms with van der Waals surface area (Å²) in [7, 11) is 3.26. The van der Waals surface area contributed by atoms with E-state index in [4.69, 9.17) is 0 Å². The van der Waals surface area contributed by atoms with Crippen LogP contribution in [0.2, 0.25) is 0 Å². The molecule has 0 fully saturated rings. The van der Waals surface area contributed by atoms with Crippen molar-refractivity contribution in [2.24, 2.45) is 5.92 Å². The summed E-state index contributed by atoms with van der Waals surface area (Å²) in [6.45, 7) is 2.36. The van der Waals surface area contributed by atoms with Gasteiger partial charge in [-0.15, -0.1) is 0 Å². The van der Waals surface area contributed by atoms with Gasteiger partial charge in [0.15, 0.2) is 0 Å². The summed E-state index contributed by atoms with van der Waals surface area (Å²) >= 11 is 3.36. The molecule has 0 spiro atoms. The quantitative estimate of drug-likeness (QED) is 0.786. The van der Waals surface area contributed by atoms with Crippen molar-refractivity contribution < 1.29 is 9.53 Å². The Bertz CT molecular complexity index is 373. The highest BCUT2D eigenvalue weighted by Crippen LogP contribution is 2.21. The van der Waals surface area contributed by atoms with Crippen LogP contribution in [0.5, 0.6) is 0 Å². The molecule has 1 atom stereocenters. The first-order valence-electron chi connectivity index (χ1n) is 4.80. The average molecular weight is 288 g/mol. The predicted octanol–water partition coefficient (Wildman–Crippen LogP) is 1.48. The standard InChI is InChI=1S/C10H14BrN3O2/c1-7(10(15)16-3)5-14(2)9-8(11)4-12-6-13-9/h4,6-7H,5H2,1-3H3. The van der Waals surface area contributed by atoms with Crippen LogP contribution in [-0.4, -0.2) is 36.6 Å². The van der Waals surface area contributed by atoms with Crippen molar-refractivity contribution in [1.29, 1.82) is 0 Å². The molecule has 1 unspecified atom stereocenters. The third-order valence-corrected chi connectivity index (χ3v) is 2.72. The predicted molar refractivity (Wildman–Crippen MR) is 64.2 cm³/mol. The minimum absolute atomic E-state index is 0.197. The molecule has 1 heterocycles. The van der Waals surface area contributed by atoms with Crippen LogP contribution in [-0.2, 0) is 9.53 Å². The Labute approximate surface area is 103 Å². The van der Waals surface area contributed by atoms with Crippen LogP contribution >= 0.6 is 15.9 Å². The lowest BCUT2D eigenvalue weighted by molar-refractivity contribution is -0.144. The van der Waals surface area contributed by atoms with Crippen molar-refractivity contribution in [1.82, 2.24) is 9.97 Å². The molecule has 1 rings (SSSR count). The molecule has 1 aromatic heterocycles. The van der Waals surface area contributed by atoms with E-state index >= 15 is 0 Å². The van der Waals surface area contributed by atoms with Crippen molar-refractivity contribution in [3.05, 3.63) is 17.0 Å². The Kier molecular flexibility index (Phi) is 4.67. The van der Waals surface area contributed by atoms with E-state index in [1.54, 1.807) is 6.20 Å². The second-order valence-electron chi connectivity index (χ2n) is 3.50. The van der Waals surface area contributed by atoms with Crippen LogP contribution in [0.3, 0.4) is 0 Å². The topological polar surface area (TPSA) is 55.3 Å². The normalized spacial score (nSPS) is 12.0. The fourth-order valence-corrected chi connectivity index (χ4v) is 1.88. The van der Waals surface area contributed by atoms with Crippen molar-refractivity contribution in [3.8, 4) is 0 Å². The van der Waals surface area contributed by atoms with E-state index in [2.05, 4.69) is 30.6 Å². The van der Waals surface area contributed by atoms with Gasteiger partial charge in [-0.05, 0) is 15.9 Å². The fraction of sp³-hybridized carbons (Fsp3) is 0.500. The molecule has 0 amide bonds. The maximum atomic E-state index is 11.3. The number of nitrogens with zero attached hydrogens (tertiary/aromatic N) is 3. The summed E-state index contributed by atoms with van der Waals surface area (Å²) in [6, 6.07) is 0. The molecule has 0 aliphatic rings. The van der Waals surface area contributed by atoms with E-state index in [0.717, 1.165) is 10.3 Å². The van der Waals surface area contributed by atoms with Gasteiger partial charge < -0.3 is 9.64 Å². The zero-order chi connectivity index (χ0) is 12.1. The largest absolute Gasteiger partial charge is 0.469 e. The molecule has 0 saturated heterocycles. The van der Waals surface area contributed by atoms with Crippen LogP contribution in [0.25, 0.3) is 0 Å². The van der Waals surface area contributed by atoms with Crippen LogP contribution in [0.4, 0.5) is 5.82 Å². The minimum atomic E-state index is -0.225. The van der Waals surface area contributed by atoms with E-state index in [1.807, 2.05) is 18.9 Å². The summed E-state index contributed by atoms with van der Waals surface area (Å²) < 4.78 is 5.47. The SMILES string of the molecule is COC(=O)C(C)CN(C)c1ncncc1Br. The van der Waals surface area contributed by atoms with Gasteiger partial charge in [0.2, 0.25) is 0 Å². The summed E-state index contributed by atoms with van der Waals surface area (Å²) in [6.07, 6.45) is 3.14.